The van der Waals surface area contributed by atoms with Gasteiger partial charge in [-0.15, -0.1) is 0 Å². The maximum Gasteiger partial charge on any atom is 0.157 e. The second-order valence-corrected chi connectivity index (χ2v) is 3.99. The van der Waals surface area contributed by atoms with Gasteiger partial charge in [0.2, 0.25) is 0 Å². The Morgan fingerprint density at radius 2 is 2.21 bits per heavy atom. The molecule has 2 aromatic heterocycles. The van der Waals surface area contributed by atoms with Crippen LogP contribution < -0.4 is 5.73 Å². The van der Waals surface area contributed by atoms with Crippen molar-refractivity contribution in [2.75, 3.05) is 5.73 Å². The van der Waals surface area contributed by atoms with Crippen molar-refractivity contribution in [1.82, 2.24) is 14.8 Å². The van der Waals surface area contributed by atoms with Gasteiger partial charge in [-0.2, -0.15) is 5.10 Å². The average molecular weight is 274 g/mol. The van der Waals surface area contributed by atoms with E-state index < -0.39 is 0 Å². The molecule has 14 heavy (non-hydrogen) atoms. The molecule has 0 radical (unpaired) electrons. The first-order valence-corrected chi connectivity index (χ1v) is 4.96. The van der Waals surface area contributed by atoms with Gasteiger partial charge in [-0.05, 0) is 22.0 Å². The summed E-state index contributed by atoms with van der Waals surface area (Å²) in [4.78, 5) is 4.08. The second-order valence-electron chi connectivity index (χ2n) is 2.68. The number of aromatic nitrogens is 3. The summed E-state index contributed by atoms with van der Waals surface area (Å²) in [6.07, 6.45) is 3.44. The van der Waals surface area contributed by atoms with Crippen LogP contribution >= 0.6 is 27.5 Å². The quantitative estimate of drug-likeness (QED) is 0.811. The average Bonchev–Trinajstić information content (AvgIpc) is 2.50. The zero-order chi connectivity index (χ0) is 10.1. The highest BCUT2D eigenvalue weighted by Gasteiger charge is 2.02. The zero-order valence-electron chi connectivity index (χ0n) is 6.98. The Labute approximate surface area is 93.8 Å². The summed E-state index contributed by atoms with van der Waals surface area (Å²) in [5.41, 5.74) is 6.19. The molecule has 6 heteroatoms. The van der Waals surface area contributed by atoms with E-state index in [2.05, 4.69) is 26.0 Å². The molecule has 0 saturated carbocycles. The van der Waals surface area contributed by atoms with E-state index in [1.165, 1.54) is 0 Å². The first kappa shape index (κ1) is 9.48. The van der Waals surface area contributed by atoms with Crippen LogP contribution in [0.5, 0.6) is 0 Å². The molecular formula is C8H6BrClN4. The van der Waals surface area contributed by atoms with Gasteiger partial charge in [-0.3, -0.25) is 0 Å². The van der Waals surface area contributed by atoms with Gasteiger partial charge in [0, 0.05) is 18.0 Å². The number of nitrogens with zero attached hydrogens (tertiary/aromatic N) is 3. The molecule has 0 aliphatic rings. The third kappa shape index (κ3) is 1.88. The molecule has 2 heterocycles. The molecule has 2 rings (SSSR count). The lowest BCUT2D eigenvalue weighted by atomic mass is 10.4. The Morgan fingerprint density at radius 3 is 2.79 bits per heavy atom. The largest absolute Gasteiger partial charge is 0.399 e. The summed E-state index contributed by atoms with van der Waals surface area (Å²) < 4.78 is 2.46. The normalized spacial score (nSPS) is 10.4. The van der Waals surface area contributed by atoms with E-state index in [1.807, 2.05) is 0 Å². The predicted octanol–water partition coefficient (Wildman–Crippen LogP) is 2.27. The SMILES string of the molecule is Nc1cc(Cl)nc(-n2cc(Br)cn2)c1. The topological polar surface area (TPSA) is 56.7 Å². The number of rotatable bonds is 1. The van der Waals surface area contributed by atoms with Gasteiger partial charge in [0.25, 0.3) is 0 Å². The molecule has 0 bridgehead atoms. The van der Waals surface area contributed by atoms with Crippen molar-refractivity contribution in [3.8, 4) is 5.82 Å². The van der Waals surface area contributed by atoms with E-state index in [-0.39, 0.29) is 0 Å². The first-order chi connectivity index (χ1) is 6.65. The Kier molecular flexibility index (Phi) is 2.43. The van der Waals surface area contributed by atoms with Gasteiger partial charge in [-0.25, -0.2) is 9.67 Å². The molecule has 2 N–H and O–H groups in total. The van der Waals surface area contributed by atoms with Gasteiger partial charge < -0.3 is 5.73 Å². The highest BCUT2D eigenvalue weighted by molar-refractivity contribution is 9.10. The minimum atomic E-state index is 0.353. The minimum absolute atomic E-state index is 0.353. The van der Waals surface area contributed by atoms with E-state index in [9.17, 15) is 0 Å². The summed E-state index contributed by atoms with van der Waals surface area (Å²) in [6.45, 7) is 0. The maximum atomic E-state index is 5.76. The number of anilines is 1. The monoisotopic (exact) mass is 272 g/mol. The maximum absolute atomic E-state index is 5.76. The lowest BCUT2D eigenvalue weighted by molar-refractivity contribution is 0.847. The van der Waals surface area contributed by atoms with Gasteiger partial charge in [0.15, 0.2) is 5.82 Å². The van der Waals surface area contributed by atoms with Crippen LogP contribution in [0.3, 0.4) is 0 Å². The van der Waals surface area contributed by atoms with Crippen molar-refractivity contribution in [1.29, 1.82) is 0 Å². The van der Waals surface area contributed by atoms with Crippen LogP contribution in [0.2, 0.25) is 5.15 Å². The van der Waals surface area contributed by atoms with Crippen molar-refractivity contribution in [3.05, 3.63) is 34.2 Å². The molecule has 72 valence electrons. The van der Waals surface area contributed by atoms with E-state index in [4.69, 9.17) is 17.3 Å². The summed E-state index contributed by atoms with van der Waals surface area (Å²) in [5.74, 6) is 0.598. The summed E-state index contributed by atoms with van der Waals surface area (Å²) in [5, 5.41) is 4.41. The number of hydrogen-bond acceptors (Lipinski definition) is 3. The van der Waals surface area contributed by atoms with E-state index in [0.29, 0.717) is 16.7 Å². The Bertz CT molecular complexity index is 448. The molecular weight excluding hydrogens is 267 g/mol. The Balaban J connectivity index is 2.51. The van der Waals surface area contributed by atoms with Crippen LogP contribution in [0.25, 0.3) is 5.82 Å². The second kappa shape index (κ2) is 3.59. The Hall–Kier alpha value is -1.07. The van der Waals surface area contributed by atoms with Gasteiger partial charge in [0.05, 0.1) is 10.7 Å². The summed E-state index contributed by atoms with van der Waals surface area (Å²) >= 11 is 9.05. The van der Waals surface area contributed by atoms with E-state index >= 15 is 0 Å². The fourth-order valence-corrected chi connectivity index (χ4v) is 1.54. The standard InChI is InChI=1S/C8H6BrClN4/c9-5-3-12-14(4-5)8-2-6(11)1-7(10)13-8/h1-4H,(H2,11,13). The molecule has 2 aromatic rings. The van der Waals surface area contributed by atoms with Gasteiger partial charge >= 0.3 is 0 Å². The number of halogens is 2. The zero-order valence-corrected chi connectivity index (χ0v) is 9.33. The summed E-state index contributed by atoms with van der Waals surface area (Å²) in [7, 11) is 0. The molecule has 0 fully saturated rings. The highest BCUT2D eigenvalue weighted by atomic mass is 79.9. The third-order valence-corrected chi connectivity index (χ3v) is 2.19. The van der Waals surface area contributed by atoms with Crippen LogP contribution in [0.4, 0.5) is 5.69 Å². The minimum Gasteiger partial charge on any atom is -0.399 e. The molecule has 0 saturated heterocycles. The molecule has 0 aliphatic heterocycles. The van der Waals surface area contributed by atoms with E-state index in [1.54, 1.807) is 29.2 Å². The molecule has 0 aliphatic carbocycles. The number of hydrogen-bond donors (Lipinski definition) is 1. The smallest absolute Gasteiger partial charge is 0.157 e. The van der Waals surface area contributed by atoms with Crippen molar-refractivity contribution >= 4 is 33.2 Å². The first-order valence-electron chi connectivity index (χ1n) is 3.79. The molecule has 0 aromatic carbocycles. The third-order valence-electron chi connectivity index (χ3n) is 1.59. The van der Waals surface area contributed by atoms with Crippen LogP contribution in [0, 0.1) is 0 Å². The predicted molar refractivity (Wildman–Crippen MR) is 58.5 cm³/mol. The molecule has 0 amide bonds. The lowest BCUT2D eigenvalue weighted by Crippen LogP contribution is -1.99. The lowest BCUT2D eigenvalue weighted by Gasteiger charge is -2.01. The Morgan fingerprint density at radius 1 is 1.43 bits per heavy atom. The van der Waals surface area contributed by atoms with Crippen molar-refractivity contribution in [2.45, 2.75) is 0 Å². The van der Waals surface area contributed by atoms with Crippen LogP contribution in [0.15, 0.2) is 29.0 Å². The van der Waals surface area contributed by atoms with Gasteiger partial charge in [0.1, 0.15) is 5.15 Å². The van der Waals surface area contributed by atoms with Crippen LogP contribution in [-0.2, 0) is 0 Å². The number of nitrogen functional groups attached to an aromatic ring is 1. The number of nitrogens with two attached hydrogens (primary N) is 1. The van der Waals surface area contributed by atoms with Crippen LogP contribution in [0.1, 0.15) is 0 Å². The van der Waals surface area contributed by atoms with Crippen LogP contribution in [-0.4, -0.2) is 14.8 Å². The molecule has 0 atom stereocenters. The highest BCUT2D eigenvalue weighted by Crippen LogP contribution is 2.16. The molecule has 0 unspecified atom stereocenters. The van der Waals surface area contributed by atoms with Crippen molar-refractivity contribution < 1.29 is 0 Å². The fraction of sp³-hybridized carbons (Fsp3) is 0. The molecule has 4 nitrogen and oxygen atoms in total. The van der Waals surface area contributed by atoms with E-state index in [0.717, 1.165) is 4.47 Å². The van der Waals surface area contributed by atoms with Crippen molar-refractivity contribution in [2.24, 2.45) is 0 Å². The fourth-order valence-electron chi connectivity index (χ4n) is 1.05. The van der Waals surface area contributed by atoms with Crippen molar-refractivity contribution in [3.63, 3.8) is 0 Å². The molecule has 0 spiro atoms. The summed E-state index contributed by atoms with van der Waals surface area (Å²) in [6, 6.07) is 3.29. The number of pyridine rings is 1. The van der Waals surface area contributed by atoms with Gasteiger partial charge in [-0.1, -0.05) is 11.6 Å².